The average Bonchev–Trinajstić information content (AvgIpc) is 3.23. The topological polar surface area (TPSA) is 64.2 Å². The van der Waals surface area contributed by atoms with Crippen molar-refractivity contribution in [2.75, 3.05) is 6.54 Å². The zero-order chi connectivity index (χ0) is 17.6. The minimum atomic E-state index is -0.0167. The maximum Gasteiger partial charge on any atom is 0.256 e. The summed E-state index contributed by atoms with van der Waals surface area (Å²) in [4.78, 5) is 19.6. The number of nitrogens with zero attached hydrogens (tertiary/aromatic N) is 4. The molecule has 4 heterocycles. The Bertz CT molecular complexity index is 913. The third kappa shape index (κ3) is 2.71. The molecule has 1 aliphatic heterocycles. The van der Waals surface area contributed by atoms with Gasteiger partial charge in [-0.15, -0.1) is 0 Å². The lowest BCUT2D eigenvalue weighted by atomic mass is 9.90. The van der Waals surface area contributed by atoms with E-state index in [1.165, 1.54) is 0 Å². The van der Waals surface area contributed by atoms with Crippen molar-refractivity contribution in [2.24, 2.45) is 13.0 Å². The Balaban J connectivity index is 1.70. The molecule has 0 unspecified atom stereocenters. The number of aryl methyl sites for hydroxylation is 2. The first-order chi connectivity index (χ1) is 12.0. The molecule has 3 aromatic rings. The molecule has 1 aliphatic rings. The van der Waals surface area contributed by atoms with E-state index in [2.05, 4.69) is 17.0 Å². The summed E-state index contributed by atoms with van der Waals surface area (Å²) in [5.41, 5.74) is 2.29. The minimum absolute atomic E-state index is 0.00551. The number of carbonyl (C=O) groups is 1. The molecule has 2 atom stereocenters. The summed E-state index contributed by atoms with van der Waals surface area (Å²) in [6.07, 6.45) is 5.25. The summed E-state index contributed by atoms with van der Waals surface area (Å²) >= 11 is 0. The highest BCUT2D eigenvalue weighted by Gasteiger charge is 2.33. The number of pyridine rings is 1. The number of furan rings is 1. The smallest absolute Gasteiger partial charge is 0.256 e. The molecule has 6 heteroatoms. The van der Waals surface area contributed by atoms with Gasteiger partial charge in [-0.3, -0.25) is 9.48 Å². The Morgan fingerprint density at radius 3 is 3.00 bits per heavy atom. The number of likely N-dealkylation sites (tertiary alicyclic amines) is 1. The Labute approximate surface area is 146 Å². The fourth-order valence-corrected chi connectivity index (χ4v) is 3.73. The van der Waals surface area contributed by atoms with Crippen molar-refractivity contribution < 1.29 is 9.21 Å². The number of carbonyl (C=O) groups excluding carboxylic acids is 1. The Kier molecular flexibility index (Phi) is 3.82. The quantitative estimate of drug-likeness (QED) is 0.717. The van der Waals surface area contributed by atoms with Crippen LogP contribution in [0.15, 0.2) is 35.1 Å². The zero-order valence-corrected chi connectivity index (χ0v) is 14.8. The first-order valence-corrected chi connectivity index (χ1v) is 8.68. The van der Waals surface area contributed by atoms with Crippen LogP contribution in [0.3, 0.4) is 0 Å². The number of amides is 1. The van der Waals surface area contributed by atoms with Crippen molar-refractivity contribution >= 4 is 16.9 Å². The molecule has 0 saturated carbocycles. The summed E-state index contributed by atoms with van der Waals surface area (Å²) in [5, 5.41) is 5.31. The first-order valence-electron chi connectivity index (χ1n) is 8.68. The van der Waals surface area contributed by atoms with Crippen molar-refractivity contribution in [3.8, 4) is 0 Å². The van der Waals surface area contributed by atoms with Crippen LogP contribution in [0.4, 0.5) is 0 Å². The lowest BCUT2D eigenvalue weighted by molar-refractivity contribution is 0.0520. The van der Waals surface area contributed by atoms with Crippen LogP contribution in [0.5, 0.6) is 0 Å². The number of fused-ring (bicyclic) bond motifs is 1. The predicted octanol–water partition coefficient (Wildman–Crippen LogP) is 3.48. The van der Waals surface area contributed by atoms with E-state index in [0.717, 1.165) is 41.9 Å². The molecule has 0 spiro atoms. The van der Waals surface area contributed by atoms with Crippen LogP contribution in [-0.2, 0) is 7.05 Å². The van der Waals surface area contributed by atoms with Crippen molar-refractivity contribution in [2.45, 2.75) is 32.7 Å². The SMILES string of the molecule is Cc1nn(C)c2ncc(C(=O)N3CC[C@@H](C)C[C@@H]3c3ccco3)cc12. The Morgan fingerprint density at radius 2 is 2.24 bits per heavy atom. The maximum absolute atomic E-state index is 13.2. The third-order valence-corrected chi connectivity index (χ3v) is 5.11. The van der Waals surface area contributed by atoms with Gasteiger partial charge in [-0.1, -0.05) is 6.92 Å². The highest BCUT2D eigenvalue weighted by Crippen LogP contribution is 2.35. The van der Waals surface area contributed by atoms with Gasteiger partial charge in [-0.2, -0.15) is 5.10 Å². The van der Waals surface area contributed by atoms with Crippen LogP contribution in [0, 0.1) is 12.8 Å². The standard InChI is InChI=1S/C19H22N4O2/c1-12-6-7-23(16(9-12)17-5-4-8-25-17)19(24)14-10-15-13(2)21-22(3)18(15)20-11-14/h4-5,8,10-12,16H,6-7,9H2,1-3H3/t12-,16-/m1/s1. The lowest BCUT2D eigenvalue weighted by Crippen LogP contribution is -2.40. The van der Waals surface area contributed by atoms with E-state index in [4.69, 9.17) is 4.42 Å². The Hall–Kier alpha value is -2.63. The second-order valence-corrected chi connectivity index (χ2v) is 6.96. The molecule has 25 heavy (non-hydrogen) atoms. The van der Waals surface area contributed by atoms with Gasteiger partial charge in [-0.05, 0) is 43.9 Å². The molecule has 3 aromatic heterocycles. The molecule has 1 saturated heterocycles. The fourth-order valence-electron chi connectivity index (χ4n) is 3.73. The van der Waals surface area contributed by atoms with Crippen molar-refractivity contribution in [1.82, 2.24) is 19.7 Å². The van der Waals surface area contributed by atoms with Gasteiger partial charge in [0.1, 0.15) is 5.76 Å². The first kappa shape index (κ1) is 15.9. The van der Waals surface area contributed by atoms with E-state index in [1.54, 1.807) is 17.1 Å². The molecule has 0 aliphatic carbocycles. The number of hydrogen-bond donors (Lipinski definition) is 0. The summed E-state index contributed by atoms with van der Waals surface area (Å²) in [6.45, 7) is 4.90. The van der Waals surface area contributed by atoms with Gasteiger partial charge in [0.05, 0.1) is 23.6 Å². The van der Waals surface area contributed by atoms with Crippen LogP contribution in [0.2, 0.25) is 0 Å². The molecule has 0 aromatic carbocycles. The summed E-state index contributed by atoms with van der Waals surface area (Å²) in [5.74, 6) is 1.43. The second-order valence-electron chi connectivity index (χ2n) is 6.96. The van der Waals surface area contributed by atoms with Crippen LogP contribution < -0.4 is 0 Å². The van der Waals surface area contributed by atoms with Gasteiger partial charge in [0.2, 0.25) is 0 Å². The molecule has 6 nitrogen and oxygen atoms in total. The van der Waals surface area contributed by atoms with Gasteiger partial charge in [0.15, 0.2) is 5.65 Å². The molecular formula is C19H22N4O2. The molecular weight excluding hydrogens is 316 g/mol. The molecule has 1 amide bonds. The molecule has 0 radical (unpaired) electrons. The largest absolute Gasteiger partial charge is 0.467 e. The average molecular weight is 338 g/mol. The summed E-state index contributed by atoms with van der Waals surface area (Å²) in [6, 6.07) is 5.72. The third-order valence-electron chi connectivity index (χ3n) is 5.11. The maximum atomic E-state index is 13.2. The van der Waals surface area contributed by atoms with Crippen LogP contribution in [0.25, 0.3) is 11.0 Å². The van der Waals surface area contributed by atoms with Crippen LogP contribution >= 0.6 is 0 Å². The van der Waals surface area contributed by atoms with E-state index >= 15 is 0 Å². The lowest BCUT2D eigenvalue weighted by Gasteiger charge is -2.37. The van der Waals surface area contributed by atoms with E-state index in [-0.39, 0.29) is 11.9 Å². The second kappa shape index (κ2) is 6.02. The van der Waals surface area contributed by atoms with E-state index < -0.39 is 0 Å². The highest BCUT2D eigenvalue weighted by molar-refractivity contribution is 5.97. The van der Waals surface area contributed by atoms with E-state index in [1.807, 2.05) is 37.1 Å². The van der Waals surface area contributed by atoms with Gasteiger partial charge in [0.25, 0.3) is 5.91 Å². The summed E-state index contributed by atoms with van der Waals surface area (Å²) < 4.78 is 7.35. The van der Waals surface area contributed by atoms with E-state index in [9.17, 15) is 4.79 Å². The number of piperidine rings is 1. The molecule has 4 rings (SSSR count). The monoisotopic (exact) mass is 338 g/mol. The molecule has 130 valence electrons. The van der Waals surface area contributed by atoms with Gasteiger partial charge < -0.3 is 9.32 Å². The summed E-state index contributed by atoms with van der Waals surface area (Å²) in [7, 11) is 1.86. The van der Waals surface area contributed by atoms with Crippen molar-refractivity contribution in [3.63, 3.8) is 0 Å². The van der Waals surface area contributed by atoms with Crippen molar-refractivity contribution in [3.05, 3.63) is 47.7 Å². The molecule has 0 bridgehead atoms. The van der Waals surface area contributed by atoms with Crippen molar-refractivity contribution in [1.29, 1.82) is 0 Å². The van der Waals surface area contributed by atoms with Gasteiger partial charge in [-0.25, -0.2) is 4.98 Å². The number of aromatic nitrogens is 3. The van der Waals surface area contributed by atoms with Gasteiger partial charge in [0, 0.05) is 25.2 Å². The number of hydrogen-bond acceptors (Lipinski definition) is 4. The van der Waals surface area contributed by atoms with Crippen LogP contribution in [-0.4, -0.2) is 32.1 Å². The zero-order valence-electron chi connectivity index (χ0n) is 14.8. The molecule has 0 N–H and O–H groups in total. The predicted molar refractivity (Wildman–Crippen MR) is 94.1 cm³/mol. The fraction of sp³-hybridized carbons (Fsp3) is 0.421. The minimum Gasteiger partial charge on any atom is -0.467 e. The molecule has 1 fully saturated rings. The highest BCUT2D eigenvalue weighted by atomic mass is 16.3. The van der Waals surface area contributed by atoms with Gasteiger partial charge >= 0.3 is 0 Å². The van der Waals surface area contributed by atoms with E-state index in [0.29, 0.717) is 11.5 Å². The Morgan fingerprint density at radius 1 is 1.40 bits per heavy atom. The van der Waals surface area contributed by atoms with Crippen LogP contribution in [0.1, 0.15) is 47.6 Å². The number of rotatable bonds is 2. The normalized spacial score (nSPS) is 21.0.